The summed E-state index contributed by atoms with van der Waals surface area (Å²) in [6.45, 7) is 9.20. The van der Waals surface area contributed by atoms with E-state index in [0.717, 1.165) is 24.8 Å². The van der Waals surface area contributed by atoms with E-state index in [1.165, 1.54) is 0 Å². The van der Waals surface area contributed by atoms with E-state index in [2.05, 4.69) is 13.8 Å². The van der Waals surface area contributed by atoms with Crippen LogP contribution in [0.4, 0.5) is 0 Å². The van der Waals surface area contributed by atoms with Crippen molar-refractivity contribution < 1.29 is 50.0 Å². The molecule has 0 aromatic heterocycles. The van der Waals surface area contributed by atoms with Crippen LogP contribution in [0.2, 0.25) is 0 Å². The quantitative estimate of drug-likeness (QED) is 0.214. The Bertz CT molecular complexity index is 1070. The second-order valence-corrected chi connectivity index (χ2v) is 15.6. The highest BCUT2D eigenvalue weighted by atomic mass is 16.7. The van der Waals surface area contributed by atoms with Crippen molar-refractivity contribution in [3.05, 3.63) is 11.6 Å². The van der Waals surface area contributed by atoms with Crippen molar-refractivity contribution in [2.45, 2.75) is 147 Å². The van der Waals surface area contributed by atoms with Gasteiger partial charge in [0.2, 0.25) is 0 Å². The summed E-state index contributed by atoms with van der Waals surface area (Å²) < 4.78 is 12.1. The van der Waals surface area contributed by atoms with Gasteiger partial charge in [0.15, 0.2) is 12.1 Å². The van der Waals surface area contributed by atoms with Gasteiger partial charge in [-0.05, 0) is 106 Å². The number of fused-ring (bicyclic) bond motifs is 5. The second-order valence-electron chi connectivity index (χ2n) is 15.6. The van der Waals surface area contributed by atoms with E-state index < -0.39 is 66.1 Å². The maximum absolute atomic E-state index is 13.5. The molecule has 10 heteroatoms. The average molecular weight is 611 g/mol. The molecule has 2 unspecified atom stereocenters. The zero-order valence-electron chi connectivity index (χ0n) is 26.4. The van der Waals surface area contributed by atoms with Crippen molar-refractivity contribution in [1.29, 1.82) is 0 Å². The lowest BCUT2D eigenvalue weighted by atomic mass is 9.46. The monoisotopic (exact) mass is 610 g/mol. The normalized spacial score (nSPS) is 48.1. The number of carbonyl (C=O) groups excluding carboxylic acids is 1. The van der Waals surface area contributed by atoms with Gasteiger partial charge >= 0.3 is 0 Å². The molecule has 1 heterocycles. The Kier molecular flexibility index (Phi) is 9.08. The molecule has 0 amide bonds. The van der Waals surface area contributed by atoms with Crippen molar-refractivity contribution in [2.75, 3.05) is 6.61 Å². The minimum absolute atomic E-state index is 0.00989. The number of aliphatic hydroxyl groups is 7. The highest BCUT2D eigenvalue weighted by Gasteiger charge is 2.66. The van der Waals surface area contributed by atoms with E-state index in [0.29, 0.717) is 38.5 Å². The van der Waals surface area contributed by atoms with E-state index in [-0.39, 0.29) is 34.9 Å². The number of ketones is 1. The van der Waals surface area contributed by atoms with Crippen LogP contribution in [-0.4, -0.2) is 102 Å². The molecule has 1 aliphatic heterocycles. The Balaban J connectivity index is 1.42. The van der Waals surface area contributed by atoms with Gasteiger partial charge in [0, 0.05) is 11.3 Å². The third kappa shape index (κ3) is 5.57. The third-order valence-corrected chi connectivity index (χ3v) is 12.6. The Morgan fingerprint density at radius 2 is 1.72 bits per heavy atom. The van der Waals surface area contributed by atoms with Gasteiger partial charge in [0.1, 0.15) is 24.4 Å². The molecule has 1 saturated heterocycles. The first-order chi connectivity index (χ1) is 20.0. The van der Waals surface area contributed by atoms with Gasteiger partial charge in [-0.3, -0.25) is 4.79 Å². The number of ether oxygens (including phenoxy) is 2. The lowest BCUT2D eigenvalue weighted by molar-refractivity contribution is -0.317. The van der Waals surface area contributed by atoms with Crippen LogP contribution in [0.3, 0.4) is 0 Å². The number of allylic oxidation sites excluding steroid dienone is 1. The second kappa shape index (κ2) is 11.7. The summed E-state index contributed by atoms with van der Waals surface area (Å²) in [6.07, 6.45) is -0.791. The lowest BCUT2D eigenvalue weighted by Crippen LogP contribution is -2.61. The molecule has 0 bridgehead atoms. The number of hydrogen-bond acceptors (Lipinski definition) is 10. The summed E-state index contributed by atoms with van der Waals surface area (Å²) in [6, 6.07) is 0. The molecule has 0 radical (unpaired) electrons. The van der Waals surface area contributed by atoms with Crippen LogP contribution in [0, 0.1) is 34.5 Å². The van der Waals surface area contributed by atoms with Crippen LogP contribution in [0.5, 0.6) is 0 Å². The summed E-state index contributed by atoms with van der Waals surface area (Å²) in [4.78, 5) is 13.5. The molecular formula is C33H54O10. The van der Waals surface area contributed by atoms with Crippen molar-refractivity contribution in [3.63, 3.8) is 0 Å². The fourth-order valence-electron chi connectivity index (χ4n) is 9.76. The van der Waals surface area contributed by atoms with Crippen LogP contribution < -0.4 is 0 Å². The predicted octanol–water partition coefficient (Wildman–Crippen LogP) is 1.59. The van der Waals surface area contributed by atoms with Gasteiger partial charge in [-0.1, -0.05) is 20.8 Å². The third-order valence-electron chi connectivity index (χ3n) is 12.6. The van der Waals surface area contributed by atoms with Crippen molar-refractivity contribution in [1.82, 2.24) is 0 Å². The molecule has 0 aromatic rings. The molecule has 4 fully saturated rings. The van der Waals surface area contributed by atoms with Crippen molar-refractivity contribution >= 4 is 5.78 Å². The van der Waals surface area contributed by atoms with Gasteiger partial charge in [-0.2, -0.15) is 0 Å². The van der Waals surface area contributed by atoms with Gasteiger partial charge in [-0.25, -0.2) is 0 Å². The predicted molar refractivity (Wildman–Crippen MR) is 156 cm³/mol. The molecule has 7 N–H and O–H groups in total. The summed E-state index contributed by atoms with van der Waals surface area (Å²) in [5.74, 6) is -0.336. The van der Waals surface area contributed by atoms with E-state index in [9.17, 15) is 40.5 Å². The van der Waals surface area contributed by atoms with Crippen LogP contribution in [0.15, 0.2) is 11.6 Å². The molecule has 14 atom stereocenters. The van der Waals surface area contributed by atoms with Crippen molar-refractivity contribution in [2.24, 2.45) is 34.5 Å². The molecule has 3 saturated carbocycles. The van der Waals surface area contributed by atoms with Crippen LogP contribution >= 0.6 is 0 Å². The molecule has 4 aliphatic carbocycles. The van der Waals surface area contributed by atoms with Gasteiger partial charge in [-0.15, -0.1) is 0 Å². The average Bonchev–Trinajstić information content (AvgIpc) is 3.22. The molecule has 10 nitrogen and oxygen atoms in total. The lowest BCUT2D eigenvalue weighted by Gasteiger charge is -2.60. The summed E-state index contributed by atoms with van der Waals surface area (Å²) >= 11 is 0. The minimum Gasteiger partial charge on any atom is -0.394 e. The van der Waals surface area contributed by atoms with E-state index >= 15 is 0 Å². The zero-order valence-corrected chi connectivity index (χ0v) is 26.4. The fourth-order valence-corrected chi connectivity index (χ4v) is 9.76. The first-order valence-corrected chi connectivity index (χ1v) is 16.3. The highest BCUT2D eigenvalue weighted by molar-refractivity contribution is 5.95. The van der Waals surface area contributed by atoms with E-state index in [1.54, 1.807) is 19.9 Å². The maximum Gasteiger partial charge on any atom is 0.186 e. The smallest absolute Gasteiger partial charge is 0.186 e. The largest absolute Gasteiger partial charge is 0.394 e. The number of aliphatic hydroxyl groups excluding tert-OH is 5. The molecular weight excluding hydrogens is 556 g/mol. The minimum atomic E-state index is -1.56. The van der Waals surface area contributed by atoms with Crippen LogP contribution in [-0.2, 0) is 14.3 Å². The standard InChI is InChI=1S/C33H54O10/c1-17(24(9-10-30(2,3)40)42-29-28(39)27(38)26(37)25(16-34)43-29)19-8-13-33(41)21-15-23(36)22-14-18(35)6-11-31(22,4)20(21)7-12-32(19,33)5/h15,17-20,22,24-29,34-35,37-41H,6-14,16H2,1-5H3/t17-,18-,19?,20?,22-,24+,25+,26+,27-,28+,29+,31+,32+,33+/m0/s1. The Morgan fingerprint density at radius 1 is 1.02 bits per heavy atom. The molecule has 5 aliphatic rings. The molecule has 5 rings (SSSR count). The Labute approximate surface area is 255 Å². The molecule has 43 heavy (non-hydrogen) atoms. The van der Waals surface area contributed by atoms with Gasteiger partial charge in [0.05, 0.1) is 30.0 Å². The van der Waals surface area contributed by atoms with Gasteiger partial charge < -0.3 is 45.2 Å². The summed E-state index contributed by atoms with van der Waals surface area (Å²) in [5, 5.41) is 74.5. The van der Waals surface area contributed by atoms with E-state index in [4.69, 9.17) is 9.47 Å². The SMILES string of the molecule is C[C@@H](C1CC[C@@]2(O)C3=CC(=O)[C@@H]4C[C@@H](O)CC[C@]4(C)C3CC[C@]12C)[C@@H](CCC(C)(C)O)O[C@@H]1O[C@H](CO)[C@@H](O)[C@H](O)[C@H]1O. The number of hydrogen-bond donors (Lipinski definition) is 7. The maximum atomic E-state index is 13.5. The highest BCUT2D eigenvalue weighted by Crippen LogP contribution is 2.68. The summed E-state index contributed by atoms with van der Waals surface area (Å²) in [5.41, 5.74) is -2.15. The Hall–Kier alpha value is -0.950. The first-order valence-electron chi connectivity index (χ1n) is 16.3. The van der Waals surface area contributed by atoms with E-state index in [1.807, 2.05) is 6.92 Å². The molecule has 246 valence electrons. The topological polar surface area (TPSA) is 177 Å². The fraction of sp³-hybridized carbons (Fsp3) is 0.909. The molecule has 0 aromatic carbocycles. The number of rotatable bonds is 8. The summed E-state index contributed by atoms with van der Waals surface area (Å²) in [7, 11) is 0. The molecule has 0 spiro atoms. The zero-order chi connectivity index (χ0) is 31.7. The van der Waals surface area contributed by atoms with Gasteiger partial charge in [0.25, 0.3) is 0 Å². The Morgan fingerprint density at radius 3 is 2.37 bits per heavy atom. The van der Waals surface area contributed by atoms with Crippen LogP contribution in [0.25, 0.3) is 0 Å². The van der Waals surface area contributed by atoms with Crippen LogP contribution in [0.1, 0.15) is 92.4 Å². The number of carbonyl (C=O) groups is 1. The van der Waals surface area contributed by atoms with Crippen molar-refractivity contribution in [3.8, 4) is 0 Å². The first kappa shape index (κ1) is 33.4.